The van der Waals surface area contributed by atoms with Crippen molar-refractivity contribution >= 4 is 23.9 Å². The molecule has 0 unspecified atom stereocenters. The molecule has 0 aliphatic carbocycles. The Balaban J connectivity index is 1.59. The number of methoxy groups -OCH3 is 1. The Morgan fingerprint density at radius 3 is 2.48 bits per heavy atom. The normalized spacial score (nSPS) is 14.2. The number of nitrogens with zero attached hydrogens (tertiary/aromatic N) is 1. The van der Waals surface area contributed by atoms with Gasteiger partial charge in [-0.25, -0.2) is 19.0 Å². The number of hydrogen-bond acceptors (Lipinski definition) is 6. The summed E-state index contributed by atoms with van der Waals surface area (Å²) < 4.78 is 29.8. The first-order chi connectivity index (χ1) is 15.0. The van der Waals surface area contributed by atoms with E-state index in [9.17, 15) is 14.0 Å². The van der Waals surface area contributed by atoms with Crippen molar-refractivity contribution in [2.45, 2.75) is 0 Å². The van der Waals surface area contributed by atoms with Crippen LogP contribution < -0.4 is 9.47 Å². The van der Waals surface area contributed by atoms with E-state index in [-0.39, 0.29) is 22.9 Å². The first-order valence-electron chi connectivity index (χ1n) is 9.28. The first-order valence-corrected chi connectivity index (χ1v) is 9.28. The minimum absolute atomic E-state index is 0.00864. The van der Waals surface area contributed by atoms with Gasteiger partial charge in [-0.15, -0.1) is 0 Å². The van der Waals surface area contributed by atoms with Crippen LogP contribution in [0.15, 0.2) is 83.5 Å². The summed E-state index contributed by atoms with van der Waals surface area (Å²) >= 11 is 0. The second kappa shape index (κ2) is 8.62. The molecule has 7 heteroatoms. The van der Waals surface area contributed by atoms with Crippen molar-refractivity contribution in [2.24, 2.45) is 4.99 Å². The summed E-state index contributed by atoms with van der Waals surface area (Å²) in [6, 6.07) is 19.2. The SMILES string of the molecule is COc1cc(/C=C2\N=C(c3ccccc3F)OC2=O)ccc1OC(=O)c1ccccc1. The third kappa shape index (κ3) is 4.35. The van der Waals surface area contributed by atoms with Gasteiger partial charge in [0, 0.05) is 0 Å². The summed E-state index contributed by atoms with van der Waals surface area (Å²) in [5, 5.41) is 0. The lowest BCUT2D eigenvalue weighted by Crippen LogP contribution is -2.09. The number of hydrogen-bond donors (Lipinski definition) is 0. The highest BCUT2D eigenvalue weighted by Crippen LogP contribution is 2.30. The van der Waals surface area contributed by atoms with Crippen molar-refractivity contribution < 1.29 is 28.2 Å². The highest BCUT2D eigenvalue weighted by Gasteiger charge is 2.26. The Morgan fingerprint density at radius 1 is 1.00 bits per heavy atom. The van der Waals surface area contributed by atoms with Crippen LogP contribution in [0.3, 0.4) is 0 Å². The van der Waals surface area contributed by atoms with Gasteiger partial charge in [0.15, 0.2) is 17.2 Å². The monoisotopic (exact) mass is 417 g/mol. The van der Waals surface area contributed by atoms with E-state index in [0.29, 0.717) is 16.9 Å². The average molecular weight is 417 g/mol. The van der Waals surface area contributed by atoms with Gasteiger partial charge in [-0.2, -0.15) is 0 Å². The molecule has 0 aromatic heterocycles. The molecule has 6 nitrogen and oxygen atoms in total. The average Bonchev–Trinajstić information content (AvgIpc) is 3.15. The molecule has 0 radical (unpaired) electrons. The van der Waals surface area contributed by atoms with E-state index < -0.39 is 17.8 Å². The lowest BCUT2D eigenvalue weighted by Gasteiger charge is -2.10. The third-order valence-electron chi connectivity index (χ3n) is 4.43. The van der Waals surface area contributed by atoms with Gasteiger partial charge in [-0.3, -0.25) is 0 Å². The zero-order valence-electron chi connectivity index (χ0n) is 16.4. The molecule has 31 heavy (non-hydrogen) atoms. The van der Waals surface area contributed by atoms with E-state index in [1.54, 1.807) is 54.6 Å². The van der Waals surface area contributed by atoms with Gasteiger partial charge < -0.3 is 14.2 Å². The number of rotatable bonds is 5. The number of ether oxygens (including phenoxy) is 3. The highest BCUT2D eigenvalue weighted by atomic mass is 19.1. The van der Waals surface area contributed by atoms with E-state index in [2.05, 4.69) is 4.99 Å². The van der Waals surface area contributed by atoms with E-state index in [4.69, 9.17) is 14.2 Å². The molecule has 0 amide bonds. The molecule has 0 bridgehead atoms. The Morgan fingerprint density at radius 2 is 1.74 bits per heavy atom. The van der Waals surface area contributed by atoms with Gasteiger partial charge in [-0.05, 0) is 48.0 Å². The molecule has 0 spiro atoms. The van der Waals surface area contributed by atoms with Gasteiger partial charge in [-0.1, -0.05) is 36.4 Å². The van der Waals surface area contributed by atoms with Gasteiger partial charge in [0.1, 0.15) is 5.82 Å². The summed E-state index contributed by atoms with van der Waals surface area (Å²) in [7, 11) is 1.43. The zero-order chi connectivity index (χ0) is 21.8. The quantitative estimate of drug-likeness (QED) is 0.350. The summed E-state index contributed by atoms with van der Waals surface area (Å²) in [6.07, 6.45) is 1.47. The maximum absolute atomic E-state index is 13.9. The number of cyclic esters (lactones) is 1. The van der Waals surface area contributed by atoms with Gasteiger partial charge in [0.25, 0.3) is 0 Å². The van der Waals surface area contributed by atoms with Crippen LogP contribution in [0.2, 0.25) is 0 Å². The highest BCUT2D eigenvalue weighted by molar-refractivity contribution is 6.13. The minimum Gasteiger partial charge on any atom is -0.493 e. The Hall–Kier alpha value is -4.26. The molecule has 154 valence electrons. The molecular weight excluding hydrogens is 401 g/mol. The standard InChI is InChI=1S/C24H16FNO5/c1-29-21-14-15(11-12-20(21)30-23(27)16-7-3-2-4-8-16)13-19-24(28)31-22(26-19)17-9-5-6-10-18(17)25/h2-14H,1H3/b19-13-. The smallest absolute Gasteiger partial charge is 0.363 e. The largest absolute Gasteiger partial charge is 0.493 e. The Bertz CT molecular complexity index is 1220. The van der Waals surface area contributed by atoms with Crippen molar-refractivity contribution in [3.63, 3.8) is 0 Å². The summed E-state index contributed by atoms with van der Waals surface area (Å²) in [6.45, 7) is 0. The van der Waals surface area contributed by atoms with Crippen LogP contribution in [-0.2, 0) is 9.53 Å². The number of carbonyl (C=O) groups excluding carboxylic acids is 2. The molecule has 1 aliphatic heterocycles. The molecule has 0 saturated heterocycles. The van der Waals surface area contributed by atoms with Gasteiger partial charge in [0.2, 0.25) is 5.90 Å². The predicted molar refractivity (Wildman–Crippen MR) is 111 cm³/mol. The molecule has 3 aromatic rings. The molecule has 0 fully saturated rings. The predicted octanol–water partition coefficient (Wildman–Crippen LogP) is 4.40. The van der Waals surface area contributed by atoms with Crippen molar-refractivity contribution in [1.82, 2.24) is 0 Å². The van der Waals surface area contributed by atoms with E-state index in [1.807, 2.05) is 0 Å². The molecule has 1 aliphatic rings. The van der Waals surface area contributed by atoms with Crippen LogP contribution in [0.5, 0.6) is 11.5 Å². The zero-order valence-corrected chi connectivity index (χ0v) is 16.4. The molecule has 0 atom stereocenters. The molecule has 0 N–H and O–H groups in total. The summed E-state index contributed by atoms with van der Waals surface area (Å²) in [4.78, 5) is 28.6. The van der Waals surface area contributed by atoms with Crippen molar-refractivity contribution in [1.29, 1.82) is 0 Å². The number of carbonyl (C=O) groups is 2. The second-order valence-electron chi connectivity index (χ2n) is 6.48. The fraction of sp³-hybridized carbons (Fsp3) is 0.0417. The van der Waals surface area contributed by atoms with Crippen molar-refractivity contribution in [2.75, 3.05) is 7.11 Å². The fourth-order valence-corrected chi connectivity index (χ4v) is 2.91. The Kier molecular flexibility index (Phi) is 5.57. The van der Waals surface area contributed by atoms with Crippen molar-refractivity contribution in [3.8, 4) is 11.5 Å². The van der Waals surface area contributed by atoms with E-state index >= 15 is 0 Å². The topological polar surface area (TPSA) is 74.2 Å². The van der Waals surface area contributed by atoms with E-state index in [1.165, 1.54) is 31.4 Å². The molecular formula is C24H16FNO5. The first kappa shape index (κ1) is 20.0. The summed E-state index contributed by atoms with van der Waals surface area (Å²) in [5.74, 6) is -1.34. The van der Waals surface area contributed by atoms with Crippen molar-refractivity contribution in [3.05, 3.63) is 101 Å². The molecule has 0 saturated carbocycles. The van der Waals surface area contributed by atoms with Crippen LogP contribution in [0.1, 0.15) is 21.5 Å². The number of esters is 2. The van der Waals surface area contributed by atoms with E-state index in [0.717, 1.165) is 0 Å². The van der Waals surface area contributed by atoms with Crippen LogP contribution in [-0.4, -0.2) is 24.9 Å². The number of halogens is 1. The lowest BCUT2D eigenvalue weighted by atomic mass is 10.1. The maximum Gasteiger partial charge on any atom is 0.363 e. The maximum atomic E-state index is 13.9. The third-order valence-corrected chi connectivity index (χ3v) is 4.43. The minimum atomic E-state index is -0.697. The number of benzene rings is 3. The van der Waals surface area contributed by atoms with Crippen LogP contribution in [0, 0.1) is 5.82 Å². The Labute approximate surface area is 177 Å². The lowest BCUT2D eigenvalue weighted by molar-refractivity contribution is -0.129. The number of aliphatic imine (C=N–C) groups is 1. The second-order valence-corrected chi connectivity index (χ2v) is 6.48. The fourth-order valence-electron chi connectivity index (χ4n) is 2.91. The summed E-state index contributed by atoms with van der Waals surface area (Å²) in [5.41, 5.74) is 1.07. The molecule has 3 aromatic carbocycles. The van der Waals surface area contributed by atoms with Gasteiger partial charge in [0.05, 0.1) is 18.2 Å². The van der Waals surface area contributed by atoms with Crippen LogP contribution >= 0.6 is 0 Å². The molecule has 1 heterocycles. The molecule has 4 rings (SSSR count). The van der Waals surface area contributed by atoms with Crippen LogP contribution in [0.4, 0.5) is 4.39 Å². The van der Waals surface area contributed by atoms with Crippen LogP contribution in [0.25, 0.3) is 6.08 Å². The van der Waals surface area contributed by atoms with Gasteiger partial charge >= 0.3 is 11.9 Å².